The molecule has 0 bridgehead atoms. The topological polar surface area (TPSA) is 58.4 Å². The Hall–Kier alpha value is -0.610. The van der Waals surface area contributed by atoms with Gasteiger partial charge in [-0.15, -0.1) is 0 Å². The highest BCUT2D eigenvalue weighted by atomic mass is 16.2. The molecule has 14 heavy (non-hydrogen) atoms. The average molecular weight is 199 g/mol. The zero-order valence-electron chi connectivity index (χ0n) is 9.18. The van der Waals surface area contributed by atoms with Crippen LogP contribution in [0.25, 0.3) is 0 Å². The maximum absolute atomic E-state index is 11.4. The van der Waals surface area contributed by atoms with Crippen molar-refractivity contribution in [2.45, 2.75) is 31.2 Å². The molecule has 0 heterocycles. The summed E-state index contributed by atoms with van der Waals surface area (Å²) in [6.45, 7) is 1.83. The van der Waals surface area contributed by atoms with Crippen LogP contribution in [0.2, 0.25) is 0 Å². The van der Waals surface area contributed by atoms with Gasteiger partial charge in [0.1, 0.15) is 0 Å². The first-order valence-electron chi connectivity index (χ1n) is 5.26. The second-order valence-electron chi connectivity index (χ2n) is 4.42. The highest BCUT2D eigenvalue weighted by Gasteiger charge is 2.45. The van der Waals surface area contributed by atoms with Crippen LogP contribution in [0.15, 0.2) is 0 Å². The van der Waals surface area contributed by atoms with Gasteiger partial charge in [-0.2, -0.15) is 0 Å². The molecule has 1 rings (SSSR count). The van der Waals surface area contributed by atoms with Gasteiger partial charge in [-0.1, -0.05) is 0 Å². The molecule has 4 nitrogen and oxygen atoms in total. The molecule has 82 valence electrons. The molecule has 0 aromatic rings. The van der Waals surface area contributed by atoms with E-state index in [-0.39, 0.29) is 5.91 Å². The van der Waals surface area contributed by atoms with Crippen molar-refractivity contribution in [2.24, 2.45) is 5.73 Å². The van der Waals surface area contributed by atoms with Gasteiger partial charge in [0.25, 0.3) is 0 Å². The summed E-state index contributed by atoms with van der Waals surface area (Å²) in [6.07, 6.45) is 3.83. The van der Waals surface area contributed by atoms with Gasteiger partial charge < -0.3 is 16.0 Å². The lowest BCUT2D eigenvalue weighted by Gasteiger charge is -2.11. The van der Waals surface area contributed by atoms with Crippen LogP contribution >= 0.6 is 0 Å². The Morgan fingerprint density at radius 2 is 2.07 bits per heavy atom. The van der Waals surface area contributed by atoms with E-state index in [0.717, 1.165) is 38.8 Å². The van der Waals surface area contributed by atoms with Crippen molar-refractivity contribution in [3.63, 3.8) is 0 Å². The fourth-order valence-electron chi connectivity index (χ4n) is 1.29. The molecule has 0 saturated heterocycles. The van der Waals surface area contributed by atoms with E-state index in [2.05, 4.69) is 24.3 Å². The first-order chi connectivity index (χ1) is 6.54. The molecule has 1 amide bonds. The number of carbonyl (C=O) groups is 1. The molecule has 3 N–H and O–H groups in total. The minimum absolute atomic E-state index is 0.0300. The van der Waals surface area contributed by atoms with Crippen molar-refractivity contribution >= 4 is 5.91 Å². The molecule has 1 aliphatic rings. The van der Waals surface area contributed by atoms with Gasteiger partial charge in [-0.3, -0.25) is 4.79 Å². The molecular weight excluding hydrogens is 178 g/mol. The lowest BCUT2D eigenvalue weighted by molar-refractivity contribution is -0.123. The number of hydrogen-bond acceptors (Lipinski definition) is 3. The fraction of sp³-hybridized carbons (Fsp3) is 0.900. The van der Waals surface area contributed by atoms with Crippen molar-refractivity contribution in [3.8, 4) is 0 Å². The Morgan fingerprint density at radius 1 is 1.43 bits per heavy atom. The van der Waals surface area contributed by atoms with Crippen molar-refractivity contribution in [3.05, 3.63) is 0 Å². The number of nitrogens with one attached hydrogen (secondary N) is 1. The molecule has 0 aromatic heterocycles. The largest absolute Gasteiger partial charge is 0.355 e. The highest BCUT2D eigenvalue weighted by molar-refractivity contribution is 5.88. The maximum Gasteiger partial charge on any atom is 0.240 e. The predicted octanol–water partition coefficient (Wildman–Crippen LogP) is -0.0643. The Bertz CT molecular complexity index is 200. The van der Waals surface area contributed by atoms with Crippen LogP contribution in [-0.2, 0) is 4.79 Å². The zero-order chi connectivity index (χ0) is 10.6. The van der Waals surface area contributed by atoms with Gasteiger partial charge in [0.05, 0.1) is 5.54 Å². The molecule has 1 saturated carbocycles. The van der Waals surface area contributed by atoms with Crippen molar-refractivity contribution in [1.29, 1.82) is 0 Å². The Balaban J connectivity index is 1.96. The predicted molar refractivity (Wildman–Crippen MR) is 57.0 cm³/mol. The summed E-state index contributed by atoms with van der Waals surface area (Å²) in [7, 11) is 4.11. The normalized spacial score (nSPS) is 18.3. The van der Waals surface area contributed by atoms with Crippen LogP contribution in [-0.4, -0.2) is 43.5 Å². The lowest BCUT2D eigenvalue weighted by atomic mass is 10.2. The third kappa shape index (κ3) is 3.64. The van der Waals surface area contributed by atoms with Gasteiger partial charge in [-0.25, -0.2) is 0 Å². The monoisotopic (exact) mass is 199 g/mol. The Morgan fingerprint density at radius 3 is 2.57 bits per heavy atom. The quantitative estimate of drug-likeness (QED) is 0.589. The minimum Gasteiger partial charge on any atom is -0.355 e. The number of hydrogen-bond donors (Lipinski definition) is 2. The molecule has 0 spiro atoms. The number of unbranched alkanes of at least 4 members (excludes halogenated alkanes) is 1. The third-order valence-corrected chi connectivity index (χ3v) is 2.56. The summed E-state index contributed by atoms with van der Waals surface area (Å²) in [5.41, 5.74) is 5.22. The maximum atomic E-state index is 11.4. The molecule has 0 aromatic carbocycles. The van der Waals surface area contributed by atoms with Crippen LogP contribution in [0, 0.1) is 0 Å². The molecule has 1 fully saturated rings. The van der Waals surface area contributed by atoms with Crippen LogP contribution in [0.1, 0.15) is 25.7 Å². The van der Waals surface area contributed by atoms with Crippen molar-refractivity contribution < 1.29 is 4.79 Å². The SMILES string of the molecule is CN(C)CCCCNC(=O)C1(N)CC1. The number of nitrogens with two attached hydrogens (primary N) is 1. The summed E-state index contributed by atoms with van der Waals surface area (Å²) in [5, 5.41) is 2.88. The van der Waals surface area contributed by atoms with Crippen LogP contribution < -0.4 is 11.1 Å². The highest BCUT2D eigenvalue weighted by Crippen LogP contribution is 2.31. The second-order valence-corrected chi connectivity index (χ2v) is 4.42. The second kappa shape index (κ2) is 4.75. The van der Waals surface area contributed by atoms with E-state index in [9.17, 15) is 4.79 Å². The van der Waals surface area contributed by atoms with Crippen molar-refractivity contribution in [1.82, 2.24) is 10.2 Å². The average Bonchev–Trinajstić information content (AvgIpc) is 2.83. The van der Waals surface area contributed by atoms with E-state index in [1.807, 2.05) is 0 Å². The fourth-order valence-corrected chi connectivity index (χ4v) is 1.29. The van der Waals surface area contributed by atoms with E-state index in [1.54, 1.807) is 0 Å². The molecule has 0 unspecified atom stereocenters. The van der Waals surface area contributed by atoms with Gasteiger partial charge in [-0.05, 0) is 46.3 Å². The van der Waals surface area contributed by atoms with E-state index < -0.39 is 5.54 Å². The summed E-state index contributed by atoms with van der Waals surface area (Å²) >= 11 is 0. The van der Waals surface area contributed by atoms with Gasteiger partial charge in [0.15, 0.2) is 0 Å². The molecule has 1 aliphatic carbocycles. The van der Waals surface area contributed by atoms with Gasteiger partial charge >= 0.3 is 0 Å². The molecule has 0 radical (unpaired) electrons. The summed E-state index contributed by atoms with van der Waals surface area (Å²) in [5.74, 6) is 0.0300. The standard InChI is InChI=1S/C10H21N3O/c1-13(2)8-4-3-7-12-9(14)10(11)5-6-10/h3-8,11H2,1-2H3,(H,12,14). The van der Waals surface area contributed by atoms with E-state index in [1.165, 1.54) is 0 Å². The summed E-state index contributed by atoms with van der Waals surface area (Å²) < 4.78 is 0. The first-order valence-corrected chi connectivity index (χ1v) is 5.26. The summed E-state index contributed by atoms with van der Waals surface area (Å²) in [6, 6.07) is 0. The Labute approximate surface area is 85.8 Å². The van der Waals surface area contributed by atoms with Crippen LogP contribution in [0.5, 0.6) is 0 Å². The third-order valence-electron chi connectivity index (χ3n) is 2.56. The van der Waals surface area contributed by atoms with Crippen LogP contribution in [0.4, 0.5) is 0 Å². The number of rotatable bonds is 6. The van der Waals surface area contributed by atoms with Gasteiger partial charge in [0.2, 0.25) is 5.91 Å². The van der Waals surface area contributed by atoms with Gasteiger partial charge in [0, 0.05) is 6.54 Å². The number of amides is 1. The van der Waals surface area contributed by atoms with Crippen molar-refractivity contribution in [2.75, 3.05) is 27.2 Å². The van der Waals surface area contributed by atoms with Crippen LogP contribution in [0.3, 0.4) is 0 Å². The zero-order valence-corrected chi connectivity index (χ0v) is 9.18. The van der Waals surface area contributed by atoms with E-state index in [0.29, 0.717) is 0 Å². The molecule has 0 atom stereocenters. The number of nitrogens with zero attached hydrogens (tertiary/aromatic N) is 1. The molecule has 4 heteroatoms. The first kappa shape index (κ1) is 11.5. The summed E-state index contributed by atoms with van der Waals surface area (Å²) in [4.78, 5) is 13.5. The number of carbonyl (C=O) groups excluding carboxylic acids is 1. The molecular formula is C10H21N3O. The minimum atomic E-state index is -0.512. The lowest BCUT2D eigenvalue weighted by Crippen LogP contribution is -2.43. The smallest absolute Gasteiger partial charge is 0.240 e. The molecule has 0 aliphatic heterocycles. The van der Waals surface area contributed by atoms with E-state index in [4.69, 9.17) is 5.73 Å². The Kier molecular flexibility index (Phi) is 3.89. The van der Waals surface area contributed by atoms with E-state index >= 15 is 0 Å².